The van der Waals surface area contributed by atoms with Gasteiger partial charge in [-0.3, -0.25) is 0 Å². The van der Waals surface area contributed by atoms with E-state index in [9.17, 15) is 5.26 Å². The van der Waals surface area contributed by atoms with E-state index in [1.54, 1.807) is 0 Å². The predicted octanol–water partition coefficient (Wildman–Crippen LogP) is 3.67. The highest BCUT2D eigenvalue weighted by Crippen LogP contribution is 2.26. The molecule has 0 saturated carbocycles. The van der Waals surface area contributed by atoms with E-state index in [1.165, 1.54) is 0 Å². The Labute approximate surface area is 126 Å². The number of ether oxygens (including phenoxy) is 1. The lowest BCUT2D eigenvalue weighted by Crippen LogP contribution is -2.05. The first kappa shape index (κ1) is 13.8. The topological polar surface area (TPSA) is 45.0 Å². The molecular formula is C15H13IN2O. The molecule has 0 radical (unpaired) electrons. The van der Waals surface area contributed by atoms with Crippen LogP contribution in [0.4, 0.5) is 0 Å². The summed E-state index contributed by atoms with van der Waals surface area (Å²) < 4.78 is 6.86. The van der Waals surface area contributed by atoms with Crippen molar-refractivity contribution in [2.24, 2.45) is 0 Å². The van der Waals surface area contributed by atoms with Crippen LogP contribution in [0.2, 0.25) is 0 Å². The predicted molar refractivity (Wildman–Crippen MR) is 83.2 cm³/mol. The monoisotopic (exact) mass is 364 g/mol. The average molecular weight is 364 g/mol. The van der Waals surface area contributed by atoms with Crippen molar-refractivity contribution in [1.29, 1.82) is 5.26 Å². The van der Waals surface area contributed by atoms with Crippen molar-refractivity contribution < 1.29 is 4.74 Å². The van der Waals surface area contributed by atoms with Crippen LogP contribution in [-0.2, 0) is 6.54 Å². The summed E-state index contributed by atoms with van der Waals surface area (Å²) in [5, 5.41) is 12.3. The Morgan fingerprint density at radius 2 is 2.11 bits per heavy atom. The summed E-state index contributed by atoms with van der Waals surface area (Å²) >= 11 is 2.23. The maximum atomic E-state index is 9.19. The second-order valence-electron chi connectivity index (χ2n) is 4.03. The Morgan fingerprint density at radius 3 is 2.79 bits per heavy atom. The summed E-state index contributed by atoms with van der Waals surface area (Å²) in [4.78, 5) is 0. The first-order valence-corrected chi connectivity index (χ1v) is 6.92. The van der Waals surface area contributed by atoms with Crippen LogP contribution in [0.25, 0.3) is 0 Å². The van der Waals surface area contributed by atoms with E-state index in [0.29, 0.717) is 11.3 Å². The van der Waals surface area contributed by atoms with Gasteiger partial charge < -0.3 is 10.1 Å². The number of nitrogens with one attached hydrogen (secondary N) is 1. The first-order valence-electron chi connectivity index (χ1n) is 5.84. The summed E-state index contributed by atoms with van der Waals surface area (Å²) in [6, 6.07) is 15.6. The highest BCUT2D eigenvalue weighted by atomic mass is 127. The number of benzene rings is 2. The molecule has 0 aliphatic carbocycles. The van der Waals surface area contributed by atoms with Gasteiger partial charge in [-0.2, -0.15) is 5.26 Å². The molecule has 0 spiro atoms. The second-order valence-corrected chi connectivity index (χ2v) is 5.28. The number of rotatable bonds is 4. The number of halogens is 1. The fourth-order valence-electron chi connectivity index (χ4n) is 1.73. The summed E-state index contributed by atoms with van der Waals surface area (Å²) in [6.45, 7) is 0.734. The lowest BCUT2D eigenvalue weighted by Gasteiger charge is -2.09. The van der Waals surface area contributed by atoms with E-state index in [0.717, 1.165) is 21.4 Å². The Hall–Kier alpha value is -1.58. The van der Waals surface area contributed by atoms with E-state index < -0.39 is 0 Å². The third kappa shape index (κ3) is 3.69. The normalized spacial score (nSPS) is 9.95. The minimum absolute atomic E-state index is 0.548. The molecule has 2 aromatic carbocycles. The minimum atomic E-state index is 0.548. The zero-order chi connectivity index (χ0) is 13.7. The summed E-state index contributed by atoms with van der Waals surface area (Å²) in [6.07, 6.45) is 0. The second kappa shape index (κ2) is 6.55. The molecule has 0 amide bonds. The van der Waals surface area contributed by atoms with Crippen LogP contribution in [0.1, 0.15) is 11.1 Å². The largest absolute Gasteiger partial charge is 0.456 e. The van der Waals surface area contributed by atoms with Gasteiger partial charge in [0.15, 0.2) is 0 Å². The summed E-state index contributed by atoms with van der Waals surface area (Å²) in [7, 11) is 1.88. The molecule has 0 aliphatic rings. The van der Waals surface area contributed by atoms with Crippen LogP contribution >= 0.6 is 22.6 Å². The molecule has 0 fully saturated rings. The summed E-state index contributed by atoms with van der Waals surface area (Å²) in [5.74, 6) is 1.33. The van der Waals surface area contributed by atoms with Crippen molar-refractivity contribution in [3.8, 4) is 17.6 Å². The molecule has 2 rings (SSSR count). The SMILES string of the molecule is CNCc1ccc(Oc2cccc(I)c2)c(C#N)c1. The van der Waals surface area contributed by atoms with Gasteiger partial charge >= 0.3 is 0 Å². The van der Waals surface area contributed by atoms with Gasteiger partial charge in [-0.25, -0.2) is 0 Å². The molecule has 0 aliphatic heterocycles. The standard InChI is InChI=1S/C15H13IN2O/c1-18-10-11-5-6-15(12(7-11)9-17)19-14-4-2-3-13(16)8-14/h2-8,18H,10H2,1H3. The summed E-state index contributed by atoms with van der Waals surface area (Å²) in [5.41, 5.74) is 1.61. The molecular weight excluding hydrogens is 351 g/mol. The van der Waals surface area contributed by atoms with Crippen LogP contribution in [0.5, 0.6) is 11.5 Å². The lowest BCUT2D eigenvalue weighted by molar-refractivity contribution is 0.480. The molecule has 0 heterocycles. The highest BCUT2D eigenvalue weighted by Gasteiger charge is 2.06. The third-order valence-electron chi connectivity index (χ3n) is 2.57. The Balaban J connectivity index is 2.28. The smallest absolute Gasteiger partial charge is 0.145 e. The van der Waals surface area contributed by atoms with Crippen molar-refractivity contribution in [2.45, 2.75) is 6.54 Å². The van der Waals surface area contributed by atoms with E-state index in [1.807, 2.05) is 49.5 Å². The van der Waals surface area contributed by atoms with Crippen LogP contribution < -0.4 is 10.1 Å². The maximum Gasteiger partial charge on any atom is 0.145 e. The molecule has 0 saturated heterocycles. The Bertz CT molecular complexity index is 620. The molecule has 0 atom stereocenters. The molecule has 19 heavy (non-hydrogen) atoms. The lowest BCUT2D eigenvalue weighted by atomic mass is 10.1. The quantitative estimate of drug-likeness (QED) is 0.842. The van der Waals surface area contributed by atoms with Gasteiger partial charge in [0, 0.05) is 10.1 Å². The fourth-order valence-corrected chi connectivity index (χ4v) is 2.24. The van der Waals surface area contributed by atoms with E-state index >= 15 is 0 Å². The van der Waals surface area contributed by atoms with Crippen LogP contribution in [0.15, 0.2) is 42.5 Å². The molecule has 1 N–H and O–H groups in total. The fraction of sp³-hybridized carbons (Fsp3) is 0.133. The molecule has 96 valence electrons. The first-order chi connectivity index (χ1) is 9.22. The van der Waals surface area contributed by atoms with Gasteiger partial charge in [0.25, 0.3) is 0 Å². The molecule has 0 unspecified atom stereocenters. The van der Waals surface area contributed by atoms with Gasteiger partial charge in [-0.05, 0) is 65.5 Å². The number of hydrogen-bond acceptors (Lipinski definition) is 3. The minimum Gasteiger partial charge on any atom is -0.456 e. The average Bonchev–Trinajstić information content (AvgIpc) is 2.41. The highest BCUT2D eigenvalue weighted by molar-refractivity contribution is 14.1. The van der Waals surface area contributed by atoms with Gasteiger partial charge in [0.2, 0.25) is 0 Å². The molecule has 3 nitrogen and oxygen atoms in total. The van der Waals surface area contributed by atoms with Gasteiger partial charge in [-0.1, -0.05) is 12.1 Å². The number of nitrogens with zero attached hydrogens (tertiary/aromatic N) is 1. The van der Waals surface area contributed by atoms with E-state index in [-0.39, 0.29) is 0 Å². The van der Waals surface area contributed by atoms with Crippen molar-refractivity contribution in [3.05, 3.63) is 57.2 Å². The Morgan fingerprint density at radius 1 is 1.26 bits per heavy atom. The zero-order valence-corrected chi connectivity index (χ0v) is 12.6. The van der Waals surface area contributed by atoms with Crippen molar-refractivity contribution >= 4 is 22.6 Å². The maximum absolute atomic E-state index is 9.19. The van der Waals surface area contributed by atoms with Crippen LogP contribution in [-0.4, -0.2) is 7.05 Å². The number of hydrogen-bond donors (Lipinski definition) is 1. The van der Waals surface area contributed by atoms with Crippen molar-refractivity contribution in [1.82, 2.24) is 5.32 Å². The molecule has 0 aromatic heterocycles. The number of nitriles is 1. The molecule has 4 heteroatoms. The van der Waals surface area contributed by atoms with Crippen molar-refractivity contribution in [3.63, 3.8) is 0 Å². The molecule has 0 bridgehead atoms. The molecule has 2 aromatic rings. The third-order valence-corrected chi connectivity index (χ3v) is 3.24. The van der Waals surface area contributed by atoms with Crippen LogP contribution in [0, 0.1) is 14.9 Å². The Kier molecular flexibility index (Phi) is 4.77. The van der Waals surface area contributed by atoms with Gasteiger partial charge in [-0.15, -0.1) is 0 Å². The van der Waals surface area contributed by atoms with E-state index in [2.05, 4.69) is 34.0 Å². The zero-order valence-electron chi connectivity index (χ0n) is 10.5. The van der Waals surface area contributed by atoms with Crippen molar-refractivity contribution in [2.75, 3.05) is 7.05 Å². The van der Waals surface area contributed by atoms with Gasteiger partial charge in [0.1, 0.15) is 17.6 Å². The van der Waals surface area contributed by atoms with Crippen LogP contribution in [0.3, 0.4) is 0 Å². The van der Waals surface area contributed by atoms with E-state index in [4.69, 9.17) is 4.74 Å². The van der Waals surface area contributed by atoms with Gasteiger partial charge in [0.05, 0.1) is 5.56 Å².